The number of rotatable bonds is 9. The largest absolute Gasteiger partial charge is 0.317 e. The first kappa shape index (κ1) is 27.1. The zero-order chi connectivity index (χ0) is 26.3. The summed E-state index contributed by atoms with van der Waals surface area (Å²) in [7, 11) is 0. The number of ketones is 1. The van der Waals surface area contributed by atoms with E-state index in [0.717, 1.165) is 79.6 Å². The molecule has 2 saturated heterocycles. The standard InChI is InChI=1S/C34H41ClN2O/c1-25-6-5-9-29(22-25)31-11-10-30(24-33(38)28-12-17-36-18-13-28)32(34(31)35)16-21-37-19-14-27(15-20-37)23-26-7-3-2-4-8-26/h2-11,22,27-28,36H,12-21,23-24H2,1H3. The number of hydrogen-bond donors (Lipinski definition) is 1. The Balaban J connectivity index is 1.29. The summed E-state index contributed by atoms with van der Waals surface area (Å²) in [5.74, 6) is 1.30. The van der Waals surface area contributed by atoms with Crippen LogP contribution >= 0.6 is 11.6 Å². The van der Waals surface area contributed by atoms with Crippen molar-refractivity contribution in [2.75, 3.05) is 32.7 Å². The average Bonchev–Trinajstić information content (AvgIpc) is 2.95. The van der Waals surface area contributed by atoms with E-state index in [1.54, 1.807) is 0 Å². The Morgan fingerprint density at radius 1 is 0.947 bits per heavy atom. The first-order valence-electron chi connectivity index (χ1n) is 14.4. The molecular formula is C34H41ClN2O. The van der Waals surface area contributed by atoms with Gasteiger partial charge < -0.3 is 10.2 Å². The lowest BCUT2D eigenvalue weighted by atomic mass is 9.87. The van der Waals surface area contributed by atoms with Crippen molar-refractivity contribution < 1.29 is 4.79 Å². The maximum Gasteiger partial charge on any atom is 0.140 e. The zero-order valence-electron chi connectivity index (χ0n) is 22.7. The number of carbonyl (C=O) groups excluding carboxylic acids is 1. The molecule has 38 heavy (non-hydrogen) atoms. The first-order chi connectivity index (χ1) is 18.6. The minimum Gasteiger partial charge on any atom is -0.317 e. The molecule has 0 unspecified atom stereocenters. The monoisotopic (exact) mass is 528 g/mol. The van der Waals surface area contributed by atoms with Crippen molar-refractivity contribution in [2.45, 2.75) is 51.9 Å². The molecule has 0 atom stereocenters. The van der Waals surface area contributed by atoms with Crippen molar-refractivity contribution >= 4 is 17.4 Å². The minimum absolute atomic E-state index is 0.169. The second kappa shape index (κ2) is 13.1. The molecule has 2 aliphatic heterocycles. The van der Waals surface area contributed by atoms with Crippen LogP contribution in [0.4, 0.5) is 0 Å². The topological polar surface area (TPSA) is 32.3 Å². The molecule has 0 radical (unpaired) electrons. The molecule has 3 aromatic rings. The SMILES string of the molecule is Cc1cccc(-c2ccc(CC(=O)C3CCNCC3)c(CCN3CCC(Cc4ccccc4)CC3)c2Cl)c1. The molecule has 5 rings (SSSR count). The third-order valence-electron chi connectivity index (χ3n) is 8.58. The summed E-state index contributed by atoms with van der Waals surface area (Å²) >= 11 is 7.16. The predicted molar refractivity (Wildman–Crippen MR) is 159 cm³/mol. The van der Waals surface area contributed by atoms with Gasteiger partial charge >= 0.3 is 0 Å². The number of nitrogens with zero attached hydrogens (tertiary/aromatic N) is 1. The van der Waals surface area contributed by atoms with Crippen LogP contribution < -0.4 is 5.32 Å². The summed E-state index contributed by atoms with van der Waals surface area (Å²) < 4.78 is 0. The normalized spacial score (nSPS) is 17.5. The second-order valence-corrected chi connectivity index (χ2v) is 11.7. The number of likely N-dealkylation sites (tertiary alicyclic amines) is 1. The lowest BCUT2D eigenvalue weighted by Gasteiger charge is -2.32. The van der Waals surface area contributed by atoms with Gasteiger partial charge in [0.05, 0.1) is 5.02 Å². The lowest BCUT2D eigenvalue weighted by molar-refractivity contribution is -0.122. The van der Waals surface area contributed by atoms with E-state index >= 15 is 0 Å². The Hall–Kier alpha value is -2.46. The molecule has 2 fully saturated rings. The van der Waals surface area contributed by atoms with Crippen LogP contribution in [0.1, 0.15) is 47.9 Å². The van der Waals surface area contributed by atoms with Gasteiger partial charge in [-0.25, -0.2) is 0 Å². The number of nitrogens with one attached hydrogen (secondary N) is 1. The zero-order valence-corrected chi connectivity index (χ0v) is 23.5. The highest BCUT2D eigenvalue weighted by atomic mass is 35.5. The molecule has 3 aromatic carbocycles. The van der Waals surface area contributed by atoms with Gasteiger partial charge in [0.15, 0.2) is 0 Å². The van der Waals surface area contributed by atoms with Crippen LogP contribution in [0.25, 0.3) is 11.1 Å². The molecule has 0 aliphatic carbocycles. The van der Waals surface area contributed by atoms with Gasteiger partial charge in [-0.3, -0.25) is 4.79 Å². The number of piperidine rings is 2. The molecule has 3 nitrogen and oxygen atoms in total. The van der Waals surface area contributed by atoms with Crippen LogP contribution in [0.2, 0.25) is 5.02 Å². The quantitative estimate of drug-likeness (QED) is 0.327. The van der Waals surface area contributed by atoms with E-state index in [9.17, 15) is 4.79 Å². The van der Waals surface area contributed by atoms with Crippen LogP contribution in [0.3, 0.4) is 0 Å². The predicted octanol–water partition coefficient (Wildman–Crippen LogP) is 6.92. The number of hydrogen-bond acceptors (Lipinski definition) is 3. The van der Waals surface area contributed by atoms with Gasteiger partial charge in [-0.05, 0) is 99.8 Å². The van der Waals surface area contributed by atoms with Gasteiger partial charge in [0.2, 0.25) is 0 Å². The van der Waals surface area contributed by atoms with E-state index in [1.165, 1.54) is 36.0 Å². The first-order valence-corrected chi connectivity index (χ1v) is 14.8. The average molecular weight is 529 g/mol. The molecule has 2 aliphatic rings. The van der Waals surface area contributed by atoms with E-state index in [4.69, 9.17) is 11.6 Å². The van der Waals surface area contributed by atoms with E-state index in [0.29, 0.717) is 12.2 Å². The molecule has 0 aromatic heterocycles. The summed E-state index contributed by atoms with van der Waals surface area (Å²) in [6, 6.07) is 23.7. The summed E-state index contributed by atoms with van der Waals surface area (Å²) in [5.41, 5.74) is 7.19. The molecular weight excluding hydrogens is 488 g/mol. The number of carbonyl (C=O) groups is 1. The fourth-order valence-electron chi connectivity index (χ4n) is 6.24. The molecule has 1 N–H and O–H groups in total. The second-order valence-electron chi connectivity index (χ2n) is 11.3. The van der Waals surface area contributed by atoms with Gasteiger partial charge in [-0.1, -0.05) is 83.9 Å². The van der Waals surface area contributed by atoms with E-state index in [1.807, 2.05) is 0 Å². The highest BCUT2D eigenvalue weighted by Crippen LogP contribution is 2.35. The third kappa shape index (κ3) is 6.94. The lowest BCUT2D eigenvalue weighted by Crippen LogP contribution is -2.36. The Kier molecular flexibility index (Phi) is 9.32. The van der Waals surface area contributed by atoms with Crippen LogP contribution in [0, 0.1) is 18.8 Å². The molecule has 200 valence electrons. The van der Waals surface area contributed by atoms with Crippen LogP contribution in [0.15, 0.2) is 66.7 Å². The fourth-order valence-corrected chi connectivity index (χ4v) is 6.63. The van der Waals surface area contributed by atoms with Gasteiger partial charge in [0.1, 0.15) is 5.78 Å². The van der Waals surface area contributed by atoms with Gasteiger partial charge in [-0.15, -0.1) is 0 Å². The smallest absolute Gasteiger partial charge is 0.140 e. The van der Waals surface area contributed by atoms with Crippen molar-refractivity contribution in [2.24, 2.45) is 11.8 Å². The number of aryl methyl sites for hydroxylation is 1. The van der Waals surface area contributed by atoms with E-state index < -0.39 is 0 Å². The van der Waals surface area contributed by atoms with Crippen LogP contribution in [0.5, 0.6) is 0 Å². The molecule has 2 heterocycles. The van der Waals surface area contributed by atoms with Crippen molar-refractivity contribution in [3.05, 3.63) is 94.0 Å². The van der Waals surface area contributed by atoms with Crippen molar-refractivity contribution in [1.29, 1.82) is 0 Å². The van der Waals surface area contributed by atoms with Gasteiger partial charge in [0.25, 0.3) is 0 Å². The maximum atomic E-state index is 13.2. The Labute approximate surface area is 233 Å². The molecule has 0 amide bonds. The highest BCUT2D eigenvalue weighted by molar-refractivity contribution is 6.34. The number of halogens is 1. The minimum atomic E-state index is 0.169. The van der Waals surface area contributed by atoms with Crippen LogP contribution in [-0.4, -0.2) is 43.4 Å². The highest BCUT2D eigenvalue weighted by Gasteiger charge is 2.24. The summed E-state index contributed by atoms with van der Waals surface area (Å²) in [4.78, 5) is 15.8. The fraction of sp³-hybridized carbons (Fsp3) is 0.441. The third-order valence-corrected chi connectivity index (χ3v) is 9.01. The Morgan fingerprint density at radius 3 is 2.45 bits per heavy atom. The summed E-state index contributed by atoms with van der Waals surface area (Å²) in [6.45, 7) is 7.26. The summed E-state index contributed by atoms with van der Waals surface area (Å²) in [5, 5.41) is 4.20. The van der Waals surface area contributed by atoms with E-state index in [-0.39, 0.29) is 5.92 Å². The molecule has 0 spiro atoms. The maximum absolute atomic E-state index is 13.2. The Morgan fingerprint density at radius 2 is 1.71 bits per heavy atom. The Bertz CT molecular complexity index is 1210. The molecule has 0 saturated carbocycles. The number of benzene rings is 3. The van der Waals surface area contributed by atoms with Crippen molar-refractivity contribution in [3.8, 4) is 11.1 Å². The van der Waals surface area contributed by atoms with Crippen molar-refractivity contribution in [3.63, 3.8) is 0 Å². The summed E-state index contributed by atoms with van der Waals surface area (Å²) in [6.07, 6.45) is 6.94. The molecule has 4 heteroatoms. The van der Waals surface area contributed by atoms with Crippen LogP contribution in [-0.2, 0) is 24.1 Å². The van der Waals surface area contributed by atoms with Gasteiger partial charge in [-0.2, -0.15) is 0 Å². The van der Waals surface area contributed by atoms with Gasteiger partial charge in [0, 0.05) is 24.4 Å². The molecule has 0 bridgehead atoms. The van der Waals surface area contributed by atoms with Crippen molar-refractivity contribution in [1.82, 2.24) is 10.2 Å². The van der Waals surface area contributed by atoms with E-state index in [2.05, 4.69) is 83.9 Å². The number of Topliss-reactive ketones (excluding diaryl/α,β-unsaturated/α-hetero) is 1.